The third kappa shape index (κ3) is 2.34. The molecule has 7 heteroatoms. The van der Waals surface area contributed by atoms with Crippen LogP contribution in [0.1, 0.15) is 41.5 Å². The number of nitro benzene ring substituents is 1. The molecule has 1 heterocycles. The number of imide groups is 1. The van der Waals surface area contributed by atoms with E-state index in [1.165, 1.54) is 18.2 Å². The molecule has 1 fully saturated rings. The van der Waals surface area contributed by atoms with E-state index in [1.807, 2.05) is 43.3 Å². The van der Waals surface area contributed by atoms with E-state index in [-0.39, 0.29) is 34.1 Å². The van der Waals surface area contributed by atoms with Crippen molar-refractivity contribution in [3.8, 4) is 0 Å². The third-order valence-electron chi connectivity index (χ3n) is 7.73. The number of amides is 2. The summed E-state index contributed by atoms with van der Waals surface area (Å²) in [6.07, 6.45) is 0.629. The summed E-state index contributed by atoms with van der Waals surface area (Å²) >= 11 is 5.99. The maximum atomic E-state index is 14.0. The van der Waals surface area contributed by atoms with E-state index in [1.54, 1.807) is 0 Å². The zero-order valence-corrected chi connectivity index (χ0v) is 18.5. The monoisotopic (exact) mass is 458 g/mol. The standard InChI is InChI=1S/C26H19ClN2O4/c1-2-26-17-9-5-3-7-15(17)21(16-8-4-6-10-18(16)26)22-23(26)25(31)28(24(22)30)19-12-11-14(27)13-20(19)29(32)33/h3-13,21-23H,2H2,1H3/t21?,22-,23-,26?/m0/s1. The molecule has 2 bridgehead atoms. The molecule has 3 aromatic carbocycles. The topological polar surface area (TPSA) is 80.5 Å². The van der Waals surface area contributed by atoms with Gasteiger partial charge in [-0.05, 0) is 40.8 Å². The van der Waals surface area contributed by atoms with Gasteiger partial charge in [-0.3, -0.25) is 19.7 Å². The lowest BCUT2D eigenvalue weighted by Crippen LogP contribution is -2.53. The molecule has 2 atom stereocenters. The summed E-state index contributed by atoms with van der Waals surface area (Å²) in [5.41, 5.74) is 3.23. The fraction of sp³-hybridized carbons (Fsp3) is 0.231. The minimum atomic E-state index is -0.671. The lowest BCUT2D eigenvalue weighted by molar-refractivity contribution is -0.384. The second kappa shape index (κ2) is 6.75. The number of carbonyl (C=O) groups is 2. The average Bonchev–Trinajstić information content (AvgIpc) is 3.10. The molecule has 0 N–H and O–H groups in total. The third-order valence-corrected chi connectivity index (χ3v) is 7.96. The minimum absolute atomic E-state index is 0.0208. The van der Waals surface area contributed by atoms with Crippen LogP contribution in [0.2, 0.25) is 5.02 Å². The Morgan fingerprint density at radius 2 is 1.58 bits per heavy atom. The maximum absolute atomic E-state index is 14.0. The smallest absolute Gasteiger partial charge is 0.274 e. The Bertz CT molecular complexity index is 1340. The number of hydrogen-bond acceptors (Lipinski definition) is 4. The van der Waals surface area contributed by atoms with Crippen LogP contribution in [-0.2, 0) is 15.0 Å². The van der Waals surface area contributed by atoms with E-state index < -0.39 is 22.2 Å². The number of nitro groups is 1. The predicted molar refractivity (Wildman–Crippen MR) is 123 cm³/mol. The Kier molecular flexibility index (Phi) is 4.11. The van der Waals surface area contributed by atoms with Crippen molar-refractivity contribution < 1.29 is 14.5 Å². The van der Waals surface area contributed by atoms with Crippen molar-refractivity contribution in [3.63, 3.8) is 0 Å². The second-order valence-corrected chi connectivity index (χ2v) is 9.32. The fourth-order valence-electron chi connectivity index (χ4n) is 6.60. The molecule has 3 aliphatic carbocycles. The molecule has 7 rings (SSSR count). The number of hydrogen-bond donors (Lipinski definition) is 0. The van der Waals surface area contributed by atoms with Gasteiger partial charge in [0.2, 0.25) is 11.8 Å². The summed E-state index contributed by atoms with van der Waals surface area (Å²) in [7, 11) is 0. The molecule has 0 spiro atoms. The van der Waals surface area contributed by atoms with Gasteiger partial charge in [-0.2, -0.15) is 0 Å². The van der Waals surface area contributed by atoms with Crippen molar-refractivity contribution in [1.29, 1.82) is 0 Å². The van der Waals surface area contributed by atoms with Crippen molar-refractivity contribution in [1.82, 2.24) is 0 Å². The highest BCUT2D eigenvalue weighted by molar-refractivity contribution is 6.31. The van der Waals surface area contributed by atoms with Gasteiger partial charge in [0.25, 0.3) is 5.69 Å². The Morgan fingerprint density at radius 1 is 0.970 bits per heavy atom. The minimum Gasteiger partial charge on any atom is -0.274 e. The molecule has 1 aliphatic heterocycles. The second-order valence-electron chi connectivity index (χ2n) is 8.88. The zero-order chi connectivity index (χ0) is 23.1. The van der Waals surface area contributed by atoms with E-state index in [0.29, 0.717) is 6.42 Å². The van der Waals surface area contributed by atoms with Crippen LogP contribution in [0.3, 0.4) is 0 Å². The van der Waals surface area contributed by atoms with Gasteiger partial charge in [0, 0.05) is 22.4 Å². The number of rotatable bonds is 3. The van der Waals surface area contributed by atoms with Gasteiger partial charge in [0.1, 0.15) is 5.69 Å². The maximum Gasteiger partial charge on any atom is 0.294 e. The van der Waals surface area contributed by atoms with Crippen LogP contribution in [0.4, 0.5) is 11.4 Å². The summed E-state index contributed by atoms with van der Waals surface area (Å²) in [4.78, 5) is 40.2. The average molecular weight is 459 g/mol. The van der Waals surface area contributed by atoms with Gasteiger partial charge in [-0.25, -0.2) is 4.90 Å². The molecule has 0 radical (unpaired) electrons. The zero-order valence-electron chi connectivity index (χ0n) is 17.7. The molecule has 164 valence electrons. The van der Waals surface area contributed by atoms with Crippen LogP contribution < -0.4 is 4.90 Å². The first-order chi connectivity index (χ1) is 15.9. The van der Waals surface area contributed by atoms with E-state index in [2.05, 4.69) is 12.1 Å². The van der Waals surface area contributed by atoms with Crippen LogP contribution in [0.25, 0.3) is 0 Å². The molecular formula is C26H19ClN2O4. The van der Waals surface area contributed by atoms with Crippen molar-refractivity contribution >= 4 is 34.8 Å². The van der Waals surface area contributed by atoms with Crippen LogP contribution in [0, 0.1) is 22.0 Å². The summed E-state index contributed by atoms with van der Waals surface area (Å²) in [6, 6.07) is 20.1. The molecule has 3 aromatic rings. The van der Waals surface area contributed by atoms with Gasteiger partial charge >= 0.3 is 0 Å². The van der Waals surface area contributed by atoms with Crippen molar-refractivity contribution in [3.05, 3.63) is 104 Å². The van der Waals surface area contributed by atoms with Crippen LogP contribution in [0.15, 0.2) is 66.7 Å². The molecule has 33 heavy (non-hydrogen) atoms. The van der Waals surface area contributed by atoms with E-state index in [9.17, 15) is 19.7 Å². The highest BCUT2D eigenvalue weighted by Crippen LogP contribution is 2.65. The molecule has 0 aromatic heterocycles. The first-order valence-corrected chi connectivity index (χ1v) is 11.3. The Morgan fingerprint density at radius 3 is 2.15 bits per heavy atom. The molecule has 0 saturated carbocycles. The largest absolute Gasteiger partial charge is 0.294 e. The number of benzene rings is 3. The normalized spacial score (nSPS) is 26.7. The van der Waals surface area contributed by atoms with Crippen LogP contribution in [-0.4, -0.2) is 16.7 Å². The fourth-order valence-corrected chi connectivity index (χ4v) is 6.77. The lowest BCUT2D eigenvalue weighted by atomic mass is 9.46. The summed E-state index contributed by atoms with van der Waals surface area (Å²) in [5.74, 6) is -2.28. The molecule has 2 amide bonds. The first-order valence-electron chi connectivity index (χ1n) is 10.9. The quantitative estimate of drug-likeness (QED) is 0.306. The number of anilines is 1. The van der Waals surface area contributed by atoms with Crippen molar-refractivity contribution in [2.45, 2.75) is 24.7 Å². The molecule has 6 nitrogen and oxygen atoms in total. The summed E-state index contributed by atoms with van der Waals surface area (Å²) in [5, 5.41) is 11.9. The Hall–Kier alpha value is -3.51. The molecule has 1 saturated heterocycles. The molecular weight excluding hydrogens is 440 g/mol. The Balaban J connectivity index is 1.63. The van der Waals surface area contributed by atoms with E-state index in [4.69, 9.17) is 11.6 Å². The highest BCUT2D eigenvalue weighted by atomic mass is 35.5. The van der Waals surface area contributed by atoms with Gasteiger partial charge in [0.05, 0.1) is 16.8 Å². The SMILES string of the molecule is CCC12c3ccccc3C(c3ccccc31)[C@@H]1C(=O)N(c3ccc(Cl)cc3[N+](=O)[O-])C(=O)[C@H]12. The highest BCUT2D eigenvalue weighted by Gasteiger charge is 2.67. The van der Waals surface area contributed by atoms with Crippen LogP contribution in [0.5, 0.6) is 0 Å². The van der Waals surface area contributed by atoms with Crippen molar-refractivity contribution in [2.24, 2.45) is 11.8 Å². The molecule has 0 unspecified atom stereocenters. The van der Waals surface area contributed by atoms with E-state index >= 15 is 0 Å². The summed E-state index contributed by atoms with van der Waals surface area (Å²) < 4.78 is 0. The van der Waals surface area contributed by atoms with E-state index in [0.717, 1.165) is 27.2 Å². The van der Waals surface area contributed by atoms with Gasteiger partial charge in [-0.15, -0.1) is 0 Å². The van der Waals surface area contributed by atoms with Gasteiger partial charge in [0.15, 0.2) is 0 Å². The first kappa shape index (κ1) is 20.1. The predicted octanol–water partition coefficient (Wildman–Crippen LogP) is 5.21. The van der Waals surface area contributed by atoms with Crippen LogP contribution >= 0.6 is 11.6 Å². The van der Waals surface area contributed by atoms with Crippen molar-refractivity contribution in [2.75, 3.05) is 4.90 Å². The number of halogens is 1. The Labute approximate surface area is 194 Å². The van der Waals surface area contributed by atoms with Gasteiger partial charge in [-0.1, -0.05) is 67.1 Å². The molecule has 4 aliphatic rings. The summed E-state index contributed by atoms with van der Waals surface area (Å²) in [6.45, 7) is 2.04. The van der Waals surface area contributed by atoms with Gasteiger partial charge < -0.3 is 0 Å². The lowest BCUT2D eigenvalue weighted by Gasteiger charge is -2.54. The number of nitrogens with zero attached hydrogens (tertiary/aromatic N) is 2. The number of carbonyl (C=O) groups excluding carboxylic acids is 2.